The molecule has 0 aromatic heterocycles. The highest BCUT2D eigenvalue weighted by Crippen LogP contribution is 2.45. The normalized spacial score (nSPS) is 12.3. The molecule has 0 atom stereocenters. The molecule has 0 unspecified atom stereocenters. The number of hydrogen-bond donors (Lipinski definition) is 2. The number of benzene rings is 3. The van der Waals surface area contributed by atoms with Crippen LogP contribution in [-0.4, -0.2) is 52.1 Å². The molecule has 1 aliphatic carbocycles. The third-order valence-corrected chi connectivity index (χ3v) is 8.53. The average molecular weight is 560 g/mol. The quantitative estimate of drug-likeness (QED) is 0.185. The Morgan fingerprint density at radius 1 is 0.789 bits per heavy atom. The predicted octanol–water partition coefficient (Wildman–Crippen LogP) is 4.36. The maximum atomic E-state index is 12.5. The fourth-order valence-corrected chi connectivity index (χ4v) is 6.40. The zero-order valence-corrected chi connectivity index (χ0v) is 23.3. The summed E-state index contributed by atoms with van der Waals surface area (Å²) < 4.78 is 78.5. The molecule has 1 heterocycles. The van der Waals surface area contributed by atoms with Crippen molar-refractivity contribution in [1.29, 1.82) is 0 Å². The Morgan fingerprint density at radius 2 is 1.39 bits per heavy atom. The first-order valence-electron chi connectivity index (χ1n) is 12.4. The standard InChI is InChI=1S/C27H30N2O7S2/c1-5-28(6-2)18-12-14-20-22(16-18)36-23-17-19(29(7-3)8-4)13-15-21(23)26(20)27-24(37(30,31)32)10-9-11-25(27)38(33,34)35/h9-17H,5-8H2,1-4H3,(H-,30,31,32,33,34,35)/p+1. The van der Waals surface area contributed by atoms with Gasteiger partial charge in [0.1, 0.15) is 34.2 Å². The molecular weight excluding hydrogens is 528 g/mol. The smallest absolute Gasteiger partial charge is 0.295 e. The third kappa shape index (κ3) is 5.06. The van der Waals surface area contributed by atoms with Crippen LogP contribution in [0, 0.1) is 0 Å². The van der Waals surface area contributed by atoms with E-state index >= 15 is 0 Å². The van der Waals surface area contributed by atoms with E-state index in [1.54, 1.807) is 12.1 Å². The van der Waals surface area contributed by atoms with E-state index in [-0.39, 0.29) is 11.1 Å². The molecule has 0 radical (unpaired) electrons. The Bertz CT molecular complexity index is 1710. The topological polar surface area (TPSA) is 128 Å². The summed E-state index contributed by atoms with van der Waals surface area (Å²) >= 11 is 0. The second kappa shape index (κ2) is 10.5. The van der Waals surface area contributed by atoms with E-state index in [1.807, 2.05) is 52.0 Å². The Balaban J connectivity index is 2.28. The minimum Gasteiger partial charge on any atom is -0.456 e. The van der Waals surface area contributed by atoms with Crippen molar-refractivity contribution in [3.63, 3.8) is 0 Å². The van der Waals surface area contributed by atoms with Crippen LogP contribution in [0.1, 0.15) is 27.7 Å². The highest BCUT2D eigenvalue weighted by atomic mass is 32.2. The lowest BCUT2D eigenvalue weighted by Gasteiger charge is -2.23. The van der Waals surface area contributed by atoms with Crippen molar-refractivity contribution in [3.05, 3.63) is 60.0 Å². The first-order chi connectivity index (χ1) is 17.9. The van der Waals surface area contributed by atoms with E-state index < -0.39 is 30.0 Å². The lowest BCUT2D eigenvalue weighted by Crippen LogP contribution is -2.29. The van der Waals surface area contributed by atoms with Gasteiger partial charge >= 0.3 is 0 Å². The molecule has 0 saturated carbocycles. The van der Waals surface area contributed by atoms with E-state index in [0.717, 1.165) is 55.4 Å². The average Bonchev–Trinajstić information content (AvgIpc) is 2.87. The van der Waals surface area contributed by atoms with Crippen LogP contribution in [0.3, 0.4) is 0 Å². The van der Waals surface area contributed by atoms with Gasteiger partial charge in [0, 0.05) is 53.0 Å². The summed E-state index contributed by atoms with van der Waals surface area (Å²) in [7, 11) is -9.77. The number of nitrogens with zero attached hydrogens (tertiary/aromatic N) is 2. The third-order valence-electron chi connectivity index (χ3n) is 6.74. The van der Waals surface area contributed by atoms with Gasteiger partial charge in [-0.25, -0.2) is 4.58 Å². The molecule has 0 saturated heterocycles. The van der Waals surface area contributed by atoms with Crippen molar-refractivity contribution < 1.29 is 30.4 Å². The predicted molar refractivity (Wildman–Crippen MR) is 148 cm³/mol. The van der Waals surface area contributed by atoms with Gasteiger partial charge in [-0.3, -0.25) is 9.11 Å². The van der Waals surface area contributed by atoms with Crippen molar-refractivity contribution in [1.82, 2.24) is 4.58 Å². The van der Waals surface area contributed by atoms with Gasteiger partial charge in [0.25, 0.3) is 20.2 Å². The summed E-state index contributed by atoms with van der Waals surface area (Å²) in [5.74, 6) is 0.389. The first kappa shape index (κ1) is 27.8. The largest absolute Gasteiger partial charge is 0.456 e. The molecule has 2 aromatic rings. The van der Waals surface area contributed by atoms with E-state index in [2.05, 4.69) is 9.48 Å². The fourth-order valence-electron chi connectivity index (χ4n) is 4.90. The van der Waals surface area contributed by atoms with Crippen LogP contribution in [0.15, 0.2) is 68.8 Å². The van der Waals surface area contributed by atoms with Gasteiger partial charge in [-0.15, -0.1) is 0 Å². The second-order valence-corrected chi connectivity index (χ2v) is 11.5. The Kier molecular flexibility index (Phi) is 7.67. The van der Waals surface area contributed by atoms with E-state index in [9.17, 15) is 25.9 Å². The minimum atomic E-state index is -4.88. The summed E-state index contributed by atoms with van der Waals surface area (Å²) in [6.07, 6.45) is 0. The van der Waals surface area contributed by atoms with Crippen molar-refractivity contribution in [3.8, 4) is 22.5 Å². The van der Waals surface area contributed by atoms with E-state index in [0.29, 0.717) is 22.3 Å². The van der Waals surface area contributed by atoms with Crippen molar-refractivity contribution in [2.24, 2.45) is 0 Å². The molecule has 9 nitrogen and oxygen atoms in total. The van der Waals surface area contributed by atoms with Gasteiger partial charge in [-0.2, -0.15) is 16.8 Å². The van der Waals surface area contributed by atoms with Gasteiger partial charge in [0.05, 0.1) is 6.07 Å². The number of hydrogen-bond acceptors (Lipinski definition) is 6. The zero-order chi connectivity index (χ0) is 27.8. The molecule has 0 fully saturated rings. The summed E-state index contributed by atoms with van der Waals surface area (Å²) in [4.78, 5) is 0.838. The molecule has 38 heavy (non-hydrogen) atoms. The van der Waals surface area contributed by atoms with Crippen LogP contribution in [0.4, 0.5) is 5.69 Å². The van der Waals surface area contributed by atoms with Crippen LogP contribution in [0.2, 0.25) is 0 Å². The number of anilines is 1. The van der Waals surface area contributed by atoms with Gasteiger partial charge in [-0.1, -0.05) is 6.07 Å². The lowest BCUT2D eigenvalue weighted by molar-refractivity contribution is 0.482. The molecule has 0 spiro atoms. The molecule has 202 valence electrons. The molecule has 2 aliphatic rings. The maximum absolute atomic E-state index is 12.5. The Morgan fingerprint density at radius 3 is 1.92 bits per heavy atom. The first-order valence-corrected chi connectivity index (χ1v) is 15.2. The number of rotatable bonds is 8. The highest BCUT2D eigenvalue weighted by Gasteiger charge is 2.30. The molecular formula is C27H31N2O7S2+. The SMILES string of the molecule is CCN(CC)c1ccc2c(-c3c(S(=O)(=O)O)cccc3S(=O)(=O)O)c3ccc(=[N+](CC)CC)cc-3oc2c1. The van der Waals surface area contributed by atoms with Crippen LogP contribution in [0.5, 0.6) is 0 Å². The molecule has 2 N–H and O–H groups in total. The second-order valence-electron chi connectivity index (χ2n) is 8.76. The molecule has 11 heteroatoms. The summed E-state index contributed by atoms with van der Waals surface area (Å²) in [6, 6.07) is 14.1. The van der Waals surface area contributed by atoms with Gasteiger partial charge < -0.3 is 9.32 Å². The highest BCUT2D eigenvalue weighted by molar-refractivity contribution is 7.87. The Labute approximate surface area is 222 Å². The molecule has 1 aliphatic heterocycles. The minimum absolute atomic E-state index is 0.208. The van der Waals surface area contributed by atoms with Crippen LogP contribution < -0.4 is 14.8 Å². The van der Waals surface area contributed by atoms with E-state index in [1.165, 1.54) is 0 Å². The fraction of sp³-hybridized carbons (Fsp3) is 0.296. The van der Waals surface area contributed by atoms with Crippen molar-refractivity contribution in [2.75, 3.05) is 31.1 Å². The summed E-state index contributed by atoms with van der Waals surface area (Å²) in [5.41, 5.74) is 1.56. The maximum Gasteiger partial charge on any atom is 0.295 e. The molecule has 0 amide bonds. The molecule has 0 bridgehead atoms. The molecule has 4 rings (SSSR count). The van der Waals surface area contributed by atoms with Crippen molar-refractivity contribution in [2.45, 2.75) is 37.5 Å². The van der Waals surface area contributed by atoms with Gasteiger partial charge in [0.2, 0.25) is 5.36 Å². The van der Waals surface area contributed by atoms with Crippen LogP contribution in [-0.2, 0) is 20.2 Å². The lowest BCUT2D eigenvalue weighted by atomic mass is 9.93. The number of fused-ring (bicyclic) bond motifs is 2. The molecule has 2 aromatic carbocycles. The monoisotopic (exact) mass is 559 g/mol. The van der Waals surface area contributed by atoms with Crippen LogP contribution in [0.25, 0.3) is 33.4 Å². The van der Waals surface area contributed by atoms with Gasteiger partial charge in [0.15, 0.2) is 0 Å². The van der Waals surface area contributed by atoms with E-state index in [4.69, 9.17) is 4.42 Å². The summed E-state index contributed by atoms with van der Waals surface area (Å²) in [5, 5.41) is 1.29. The Hall–Kier alpha value is -3.25. The van der Waals surface area contributed by atoms with Crippen LogP contribution >= 0.6 is 0 Å². The zero-order valence-electron chi connectivity index (χ0n) is 21.7. The van der Waals surface area contributed by atoms with Gasteiger partial charge in [-0.05, 0) is 58.0 Å². The van der Waals surface area contributed by atoms with Crippen molar-refractivity contribution >= 4 is 36.9 Å². The summed E-state index contributed by atoms with van der Waals surface area (Å²) in [6.45, 7) is 11.1.